The molecule has 2 rings (SSSR count). The first kappa shape index (κ1) is 13.8. The number of ketones is 1. The van der Waals surface area contributed by atoms with Crippen molar-refractivity contribution in [1.29, 1.82) is 0 Å². The molecule has 2 aromatic rings. The molecule has 0 aliphatic rings. The molecule has 20 heavy (non-hydrogen) atoms. The average molecular weight is 280 g/mol. The first-order valence-electron chi connectivity index (χ1n) is 5.61. The van der Waals surface area contributed by atoms with Gasteiger partial charge in [-0.2, -0.15) is 0 Å². The quantitative estimate of drug-likeness (QED) is 0.845. The molecule has 0 saturated heterocycles. The molecule has 2 aromatic carbocycles. The highest BCUT2D eigenvalue weighted by molar-refractivity contribution is 5.99. The highest BCUT2D eigenvalue weighted by atomic mass is 19.1. The van der Waals surface area contributed by atoms with E-state index in [-0.39, 0.29) is 11.3 Å². The van der Waals surface area contributed by atoms with Gasteiger partial charge in [-0.25, -0.2) is 8.78 Å². The predicted molar refractivity (Wildman–Crippen MR) is 66.0 cm³/mol. The van der Waals surface area contributed by atoms with E-state index in [9.17, 15) is 18.7 Å². The van der Waals surface area contributed by atoms with Crippen LogP contribution >= 0.6 is 0 Å². The molecule has 0 saturated carbocycles. The van der Waals surface area contributed by atoms with Crippen molar-refractivity contribution in [2.75, 3.05) is 6.61 Å². The van der Waals surface area contributed by atoms with Gasteiger partial charge in [0.05, 0.1) is 5.56 Å². The summed E-state index contributed by atoms with van der Waals surface area (Å²) in [5.41, 5.74) is -0.112. The number of phenols is 2. The summed E-state index contributed by atoms with van der Waals surface area (Å²) in [5, 5.41) is 18.6. The van der Waals surface area contributed by atoms with Crippen LogP contribution in [0.5, 0.6) is 17.2 Å². The lowest BCUT2D eigenvalue weighted by Gasteiger charge is -2.08. The third-order valence-corrected chi connectivity index (χ3v) is 2.55. The predicted octanol–water partition coefficient (Wildman–Crippen LogP) is 2.64. The number of para-hydroxylation sites is 1. The summed E-state index contributed by atoms with van der Waals surface area (Å²) in [6.07, 6.45) is 0. The Hall–Kier alpha value is -2.63. The number of Topliss-reactive ketones (excluding diaryl/α,β-unsaturated/α-hetero) is 1. The van der Waals surface area contributed by atoms with Crippen LogP contribution in [0.2, 0.25) is 0 Å². The van der Waals surface area contributed by atoms with Crippen LogP contribution in [-0.2, 0) is 0 Å². The number of carbonyl (C=O) groups is 1. The Labute approximate surface area is 112 Å². The Morgan fingerprint density at radius 2 is 1.75 bits per heavy atom. The van der Waals surface area contributed by atoms with Gasteiger partial charge < -0.3 is 14.9 Å². The van der Waals surface area contributed by atoms with E-state index < -0.39 is 35.5 Å². The van der Waals surface area contributed by atoms with Gasteiger partial charge in [0, 0.05) is 6.07 Å². The molecule has 0 aliphatic heterocycles. The molecule has 104 valence electrons. The van der Waals surface area contributed by atoms with Crippen LogP contribution in [0, 0.1) is 11.6 Å². The van der Waals surface area contributed by atoms with E-state index in [1.54, 1.807) is 0 Å². The van der Waals surface area contributed by atoms with Crippen LogP contribution in [0.4, 0.5) is 8.78 Å². The fourth-order valence-corrected chi connectivity index (χ4v) is 1.59. The summed E-state index contributed by atoms with van der Waals surface area (Å²) in [6.45, 7) is -0.643. The van der Waals surface area contributed by atoms with Crippen molar-refractivity contribution in [1.82, 2.24) is 0 Å². The van der Waals surface area contributed by atoms with E-state index in [4.69, 9.17) is 9.84 Å². The molecule has 0 amide bonds. The van der Waals surface area contributed by atoms with E-state index in [1.165, 1.54) is 18.2 Å². The maximum atomic E-state index is 13.3. The average Bonchev–Trinajstić information content (AvgIpc) is 2.37. The third kappa shape index (κ3) is 2.85. The van der Waals surface area contributed by atoms with Gasteiger partial charge >= 0.3 is 0 Å². The van der Waals surface area contributed by atoms with Crippen molar-refractivity contribution < 1.29 is 28.5 Å². The Bertz CT molecular complexity index is 635. The second-order valence-electron chi connectivity index (χ2n) is 3.96. The summed E-state index contributed by atoms with van der Waals surface area (Å²) in [5.74, 6) is -3.82. The Morgan fingerprint density at radius 1 is 1.10 bits per heavy atom. The zero-order chi connectivity index (χ0) is 14.7. The zero-order valence-electron chi connectivity index (χ0n) is 10.1. The van der Waals surface area contributed by atoms with Gasteiger partial charge in [-0.05, 0) is 24.3 Å². The highest BCUT2D eigenvalue weighted by Gasteiger charge is 2.15. The second kappa shape index (κ2) is 5.56. The van der Waals surface area contributed by atoms with Crippen LogP contribution in [0.3, 0.4) is 0 Å². The SMILES string of the molecule is O=C(COc1c(F)cccc1F)c1ccc(O)cc1O. The maximum Gasteiger partial charge on any atom is 0.203 e. The number of aromatic hydroxyl groups is 2. The van der Waals surface area contributed by atoms with E-state index in [1.807, 2.05) is 0 Å². The number of hydrogen-bond donors (Lipinski definition) is 2. The number of phenolic OH excluding ortho intramolecular Hbond substituents is 2. The molecular weight excluding hydrogens is 270 g/mol. The summed E-state index contributed by atoms with van der Waals surface area (Å²) in [4.78, 5) is 11.8. The van der Waals surface area contributed by atoms with Crippen molar-refractivity contribution in [2.24, 2.45) is 0 Å². The lowest BCUT2D eigenvalue weighted by molar-refractivity contribution is 0.0913. The normalized spacial score (nSPS) is 10.3. The topological polar surface area (TPSA) is 66.8 Å². The van der Waals surface area contributed by atoms with Crippen LogP contribution in [-0.4, -0.2) is 22.6 Å². The molecular formula is C14H10F2O4. The summed E-state index contributed by atoms with van der Waals surface area (Å²) < 4.78 is 31.3. The van der Waals surface area contributed by atoms with Gasteiger partial charge in [0.25, 0.3) is 0 Å². The molecule has 0 aromatic heterocycles. The molecule has 2 N–H and O–H groups in total. The highest BCUT2D eigenvalue weighted by Crippen LogP contribution is 2.24. The monoisotopic (exact) mass is 280 g/mol. The van der Waals surface area contributed by atoms with Gasteiger partial charge in [0.2, 0.25) is 5.78 Å². The minimum atomic E-state index is -0.923. The largest absolute Gasteiger partial charge is 0.508 e. The summed E-state index contributed by atoms with van der Waals surface area (Å²) >= 11 is 0. The number of halogens is 2. The fraction of sp³-hybridized carbons (Fsp3) is 0.0714. The lowest BCUT2D eigenvalue weighted by atomic mass is 10.1. The number of rotatable bonds is 4. The smallest absolute Gasteiger partial charge is 0.203 e. The summed E-state index contributed by atoms with van der Waals surface area (Å²) in [6, 6.07) is 6.55. The molecule has 0 fully saturated rings. The van der Waals surface area contributed by atoms with Crippen LogP contribution in [0.15, 0.2) is 36.4 Å². The van der Waals surface area contributed by atoms with E-state index in [0.717, 1.165) is 18.2 Å². The molecule has 0 heterocycles. The standard InChI is InChI=1S/C14H10F2O4/c15-10-2-1-3-11(16)14(10)20-7-13(19)9-5-4-8(17)6-12(9)18/h1-6,17-18H,7H2. The molecule has 0 spiro atoms. The number of benzene rings is 2. The molecule has 0 radical (unpaired) electrons. The van der Waals surface area contributed by atoms with Crippen molar-refractivity contribution in [2.45, 2.75) is 0 Å². The first-order chi connectivity index (χ1) is 9.49. The Morgan fingerprint density at radius 3 is 2.35 bits per heavy atom. The van der Waals surface area contributed by atoms with Gasteiger partial charge in [-0.3, -0.25) is 4.79 Å². The first-order valence-corrected chi connectivity index (χ1v) is 5.61. The van der Waals surface area contributed by atoms with Gasteiger partial charge in [0.15, 0.2) is 24.0 Å². The number of carbonyl (C=O) groups excluding carboxylic acids is 1. The number of ether oxygens (including phenoxy) is 1. The fourth-order valence-electron chi connectivity index (χ4n) is 1.59. The lowest BCUT2D eigenvalue weighted by Crippen LogP contribution is -2.13. The van der Waals surface area contributed by atoms with Crippen molar-refractivity contribution in [3.63, 3.8) is 0 Å². The Kier molecular flexibility index (Phi) is 3.84. The van der Waals surface area contributed by atoms with E-state index in [0.29, 0.717) is 0 Å². The van der Waals surface area contributed by atoms with Crippen molar-refractivity contribution in [3.8, 4) is 17.2 Å². The van der Waals surface area contributed by atoms with Gasteiger partial charge in [-0.1, -0.05) is 6.07 Å². The second-order valence-corrected chi connectivity index (χ2v) is 3.96. The van der Waals surface area contributed by atoms with Crippen LogP contribution in [0.25, 0.3) is 0 Å². The van der Waals surface area contributed by atoms with Crippen molar-refractivity contribution in [3.05, 3.63) is 53.6 Å². The number of hydrogen-bond acceptors (Lipinski definition) is 4. The minimum Gasteiger partial charge on any atom is -0.508 e. The van der Waals surface area contributed by atoms with Gasteiger partial charge in [-0.15, -0.1) is 0 Å². The van der Waals surface area contributed by atoms with Crippen LogP contribution < -0.4 is 4.74 Å². The Balaban J connectivity index is 2.13. The van der Waals surface area contributed by atoms with Crippen molar-refractivity contribution >= 4 is 5.78 Å². The van der Waals surface area contributed by atoms with E-state index >= 15 is 0 Å². The summed E-state index contributed by atoms with van der Waals surface area (Å²) in [7, 11) is 0. The molecule has 4 nitrogen and oxygen atoms in total. The third-order valence-electron chi connectivity index (χ3n) is 2.55. The minimum absolute atomic E-state index is 0.112. The molecule has 0 aliphatic carbocycles. The van der Waals surface area contributed by atoms with Gasteiger partial charge in [0.1, 0.15) is 11.5 Å². The molecule has 0 atom stereocenters. The molecule has 0 unspecified atom stereocenters. The van der Waals surface area contributed by atoms with Crippen LogP contribution in [0.1, 0.15) is 10.4 Å². The zero-order valence-corrected chi connectivity index (χ0v) is 10.1. The maximum absolute atomic E-state index is 13.3. The van der Waals surface area contributed by atoms with E-state index in [2.05, 4.69) is 0 Å². The molecule has 0 bridgehead atoms. The molecule has 6 heteroatoms.